The third-order valence-electron chi connectivity index (χ3n) is 4.02. The van der Waals surface area contributed by atoms with Gasteiger partial charge < -0.3 is 14.8 Å². The minimum Gasteiger partial charge on any atom is -0.493 e. The lowest BCUT2D eigenvalue weighted by Crippen LogP contribution is -2.47. The van der Waals surface area contributed by atoms with Crippen LogP contribution in [-0.2, 0) is 4.74 Å². The van der Waals surface area contributed by atoms with Gasteiger partial charge in [-0.25, -0.2) is 0 Å². The van der Waals surface area contributed by atoms with Crippen LogP contribution in [0, 0.1) is 0 Å². The summed E-state index contributed by atoms with van der Waals surface area (Å²) in [5, 5.41) is 3.42. The van der Waals surface area contributed by atoms with E-state index in [4.69, 9.17) is 9.47 Å². The van der Waals surface area contributed by atoms with Gasteiger partial charge in [-0.3, -0.25) is 4.90 Å². The van der Waals surface area contributed by atoms with E-state index in [0.29, 0.717) is 0 Å². The predicted molar refractivity (Wildman–Crippen MR) is 85.9 cm³/mol. The number of rotatable bonds is 7. The summed E-state index contributed by atoms with van der Waals surface area (Å²) in [4.78, 5) is 2.44. The Morgan fingerprint density at radius 3 is 2.90 bits per heavy atom. The molecule has 0 aromatic heterocycles. The molecule has 4 nitrogen and oxygen atoms in total. The molecule has 118 valence electrons. The molecule has 0 aliphatic carbocycles. The van der Waals surface area contributed by atoms with Gasteiger partial charge in [-0.1, -0.05) is 32.0 Å². The Morgan fingerprint density at radius 2 is 2.19 bits per heavy atom. The molecule has 0 saturated carbocycles. The Morgan fingerprint density at radius 1 is 1.38 bits per heavy atom. The van der Waals surface area contributed by atoms with Crippen LogP contribution in [0.4, 0.5) is 0 Å². The van der Waals surface area contributed by atoms with Crippen molar-refractivity contribution in [3.63, 3.8) is 0 Å². The average molecular weight is 292 g/mol. The van der Waals surface area contributed by atoms with E-state index in [2.05, 4.69) is 42.3 Å². The number of hydrogen-bond donors (Lipinski definition) is 1. The normalized spacial score (nSPS) is 21.2. The Bertz CT molecular complexity index is 425. The Hall–Kier alpha value is -1.10. The maximum Gasteiger partial charge on any atom is 0.124 e. The smallest absolute Gasteiger partial charge is 0.124 e. The van der Waals surface area contributed by atoms with Crippen molar-refractivity contribution in [2.24, 2.45) is 0 Å². The highest BCUT2D eigenvalue weighted by Gasteiger charge is 2.29. The van der Waals surface area contributed by atoms with E-state index >= 15 is 0 Å². The molecule has 0 spiro atoms. The third-order valence-corrected chi connectivity index (χ3v) is 4.02. The molecule has 2 atom stereocenters. The first-order valence-electron chi connectivity index (χ1n) is 8.03. The number of ether oxygens (including phenoxy) is 2. The minimum atomic E-state index is 0.160. The molecule has 2 unspecified atom stereocenters. The van der Waals surface area contributed by atoms with Gasteiger partial charge in [0.1, 0.15) is 5.75 Å². The van der Waals surface area contributed by atoms with Crippen molar-refractivity contribution in [3.8, 4) is 5.75 Å². The zero-order valence-electron chi connectivity index (χ0n) is 13.5. The highest BCUT2D eigenvalue weighted by Crippen LogP contribution is 2.29. The lowest BCUT2D eigenvalue weighted by molar-refractivity contribution is -0.0448. The van der Waals surface area contributed by atoms with Crippen molar-refractivity contribution >= 4 is 0 Å². The van der Waals surface area contributed by atoms with Gasteiger partial charge in [-0.05, 0) is 26.1 Å². The van der Waals surface area contributed by atoms with Crippen LogP contribution in [0.1, 0.15) is 31.9 Å². The average Bonchev–Trinajstić information content (AvgIpc) is 2.55. The van der Waals surface area contributed by atoms with Gasteiger partial charge in [0.25, 0.3) is 0 Å². The van der Waals surface area contributed by atoms with E-state index in [1.165, 1.54) is 5.56 Å². The van der Waals surface area contributed by atoms with Crippen LogP contribution in [0.5, 0.6) is 5.75 Å². The molecule has 21 heavy (non-hydrogen) atoms. The lowest BCUT2D eigenvalue weighted by Gasteiger charge is -2.37. The van der Waals surface area contributed by atoms with Gasteiger partial charge in [-0.15, -0.1) is 0 Å². The molecule has 1 aromatic carbocycles. The van der Waals surface area contributed by atoms with Gasteiger partial charge in [0.2, 0.25) is 0 Å². The maximum absolute atomic E-state index is 6.02. The highest BCUT2D eigenvalue weighted by molar-refractivity contribution is 5.36. The summed E-state index contributed by atoms with van der Waals surface area (Å²) < 4.78 is 11.9. The number of para-hydroxylation sites is 1. The molecule has 1 aliphatic heterocycles. The summed E-state index contributed by atoms with van der Waals surface area (Å²) in [5.41, 5.74) is 1.19. The molecule has 0 bridgehead atoms. The summed E-state index contributed by atoms with van der Waals surface area (Å²) in [6.07, 6.45) is 1.18. The summed E-state index contributed by atoms with van der Waals surface area (Å²) in [6, 6.07) is 8.45. The van der Waals surface area contributed by atoms with E-state index in [1.807, 2.05) is 13.1 Å². The summed E-state index contributed by atoms with van der Waals surface area (Å²) in [6.45, 7) is 8.94. The van der Waals surface area contributed by atoms with E-state index in [9.17, 15) is 0 Å². The number of morpholine rings is 1. The third kappa shape index (κ3) is 4.19. The van der Waals surface area contributed by atoms with Crippen molar-refractivity contribution in [1.29, 1.82) is 0 Å². The van der Waals surface area contributed by atoms with Crippen LogP contribution in [0.25, 0.3) is 0 Å². The second kappa shape index (κ2) is 8.37. The van der Waals surface area contributed by atoms with Crippen LogP contribution in [0.15, 0.2) is 24.3 Å². The molecule has 1 aromatic rings. The van der Waals surface area contributed by atoms with Gasteiger partial charge in [0, 0.05) is 18.7 Å². The van der Waals surface area contributed by atoms with Crippen LogP contribution >= 0.6 is 0 Å². The topological polar surface area (TPSA) is 33.7 Å². The Labute approximate surface area is 128 Å². The first-order valence-corrected chi connectivity index (χ1v) is 8.03. The van der Waals surface area contributed by atoms with E-state index in [1.54, 1.807) is 0 Å². The fraction of sp³-hybridized carbons (Fsp3) is 0.647. The SMILES string of the molecule is CCCOc1ccccc1C(NC)C1CN(CC)CCO1. The van der Waals surface area contributed by atoms with Crippen LogP contribution in [0.2, 0.25) is 0 Å². The van der Waals surface area contributed by atoms with Gasteiger partial charge >= 0.3 is 0 Å². The van der Waals surface area contributed by atoms with Crippen LogP contribution in [-0.4, -0.2) is 50.9 Å². The summed E-state index contributed by atoms with van der Waals surface area (Å²) in [5.74, 6) is 0.968. The number of nitrogens with one attached hydrogen (secondary N) is 1. The number of hydrogen-bond acceptors (Lipinski definition) is 4. The number of likely N-dealkylation sites (N-methyl/N-ethyl adjacent to an activating group) is 2. The van der Waals surface area contributed by atoms with Gasteiger partial charge in [-0.2, -0.15) is 0 Å². The molecular formula is C17H28N2O2. The molecule has 2 rings (SSSR count). The van der Waals surface area contributed by atoms with E-state index in [-0.39, 0.29) is 12.1 Å². The standard InChI is InChI=1S/C17H28N2O2/c1-4-11-20-15-9-7-6-8-14(15)17(18-3)16-13-19(5-2)10-12-21-16/h6-9,16-18H,4-5,10-13H2,1-3H3. The molecule has 1 heterocycles. The van der Waals surface area contributed by atoms with Crippen LogP contribution < -0.4 is 10.1 Å². The molecule has 1 N–H and O–H groups in total. The maximum atomic E-state index is 6.02. The first-order chi connectivity index (χ1) is 10.3. The molecule has 1 fully saturated rings. The fourth-order valence-corrected chi connectivity index (χ4v) is 2.84. The van der Waals surface area contributed by atoms with Crippen molar-refractivity contribution in [2.45, 2.75) is 32.4 Å². The van der Waals surface area contributed by atoms with Crippen molar-refractivity contribution in [2.75, 3.05) is 39.9 Å². The van der Waals surface area contributed by atoms with Gasteiger partial charge in [0.05, 0.1) is 25.4 Å². The minimum absolute atomic E-state index is 0.160. The predicted octanol–water partition coefficient (Wildman–Crippen LogP) is 2.46. The Balaban J connectivity index is 2.16. The monoisotopic (exact) mass is 292 g/mol. The van der Waals surface area contributed by atoms with Crippen molar-refractivity contribution in [1.82, 2.24) is 10.2 Å². The number of benzene rings is 1. The molecule has 4 heteroatoms. The first kappa shape index (κ1) is 16.3. The molecule has 0 amide bonds. The van der Waals surface area contributed by atoms with Crippen LogP contribution in [0.3, 0.4) is 0 Å². The van der Waals surface area contributed by atoms with Crippen molar-refractivity contribution < 1.29 is 9.47 Å². The largest absolute Gasteiger partial charge is 0.493 e. The van der Waals surface area contributed by atoms with Crippen molar-refractivity contribution in [3.05, 3.63) is 29.8 Å². The molecule has 1 aliphatic rings. The molecular weight excluding hydrogens is 264 g/mol. The quantitative estimate of drug-likeness (QED) is 0.837. The highest BCUT2D eigenvalue weighted by atomic mass is 16.5. The second-order valence-corrected chi connectivity index (χ2v) is 5.46. The zero-order chi connectivity index (χ0) is 15.1. The fourth-order valence-electron chi connectivity index (χ4n) is 2.84. The number of nitrogens with zero attached hydrogens (tertiary/aromatic N) is 1. The summed E-state index contributed by atoms with van der Waals surface area (Å²) >= 11 is 0. The summed E-state index contributed by atoms with van der Waals surface area (Å²) in [7, 11) is 2.00. The van der Waals surface area contributed by atoms with E-state index in [0.717, 1.165) is 45.0 Å². The van der Waals surface area contributed by atoms with Gasteiger partial charge in [0.15, 0.2) is 0 Å². The molecule has 0 radical (unpaired) electrons. The lowest BCUT2D eigenvalue weighted by atomic mass is 9.99. The molecule has 1 saturated heterocycles. The zero-order valence-corrected chi connectivity index (χ0v) is 13.5. The Kier molecular flexibility index (Phi) is 6.49. The van der Waals surface area contributed by atoms with E-state index < -0.39 is 0 Å². The second-order valence-electron chi connectivity index (χ2n) is 5.46.